The molecule has 0 amide bonds. The molecule has 3 heteroatoms. The molecule has 98 valence electrons. The summed E-state index contributed by atoms with van der Waals surface area (Å²) in [5, 5.41) is 8.49. The van der Waals surface area contributed by atoms with E-state index in [0.717, 1.165) is 18.9 Å². The van der Waals surface area contributed by atoms with Gasteiger partial charge in [0.15, 0.2) is 0 Å². The van der Waals surface area contributed by atoms with E-state index in [0.29, 0.717) is 12.0 Å². The molecule has 17 heavy (non-hydrogen) atoms. The summed E-state index contributed by atoms with van der Waals surface area (Å²) in [7, 11) is 0. The van der Waals surface area contributed by atoms with Crippen LogP contribution in [0.25, 0.3) is 0 Å². The summed E-state index contributed by atoms with van der Waals surface area (Å²) < 4.78 is 2.00. The zero-order chi connectivity index (χ0) is 12.7. The summed E-state index contributed by atoms with van der Waals surface area (Å²) in [6.07, 6.45) is 8.68. The molecule has 0 spiro atoms. The number of rotatable bonds is 8. The highest BCUT2D eigenvalue weighted by Crippen LogP contribution is 2.13. The van der Waals surface area contributed by atoms with E-state index in [9.17, 15) is 0 Å². The van der Waals surface area contributed by atoms with Gasteiger partial charge >= 0.3 is 0 Å². The first kappa shape index (κ1) is 14.3. The van der Waals surface area contributed by atoms with Gasteiger partial charge in [0, 0.05) is 11.5 Å². The largest absolute Gasteiger partial charge is 0.222 e. The third-order valence-corrected chi connectivity index (χ3v) is 2.99. The lowest BCUT2D eigenvalue weighted by Gasteiger charge is -2.03. The molecule has 0 bridgehead atoms. The lowest BCUT2D eigenvalue weighted by Crippen LogP contribution is -2.13. The van der Waals surface area contributed by atoms with Crippen LogP contribution >= 0.6 is 0 Å². The van der Waals surface area contributed by atoms with Crippen molar-refractivity contribution < 1.29 is 4.68 Å². The van der Waals surface area contributed by atoms with Gasteiger partial charge in [0.2, 0.25) is 6.04 Å². The summed E-state index contributed by atoms with van der Waals surface area (Å²) in [4.78, 5) is 0. The Morgan fingerprint density at radius 3 is 2.47 bits per heavy atom. The summed E-state index contributed by atoms with van der Waals surface area (Å²) in [5.74, 6) is 1.49. The van der Waals surface area contributed by atoms with Crippen LogP contribution < -0.4 is 0 Å². The van der Waals surface area contributed by atoms with Crippen molar-refractivity contribution in [2.75, 3.05) is 6.54 Å². The quantitative estimate of drug-likeness (QED) is 0.450. The van der Waals surface area contributed by atoms with E-state index in [2.05, 4.69) is 44.2 Å². The Labute approximate surface area is 106 Å². The molecule has 1 aliphatic heterocycles. The highest BCUT2D eigenvalue weighted by Gasteiger charge is 2.21. The highest BCUT2D eigenvalue weighted by molar-refractivity contribution is 5.59. The normalized spacial score (nSPS) is 19.4. The Hall–Kier alpha value is -0.730. The molecule has 1 atom stereocenters. The highest BCUT2D eigenvalue weighted by atomic mass is 15.5. The first-order valence-corrected chi connectivity index (χ1v) is 7.10. The summed E-state index contributed by atoms with van der Waals surface area (Å²) in [6.45, 7) is 10.0. The van der Waals surface area contributed by atoms with Crippen molar-refractivity contribution in [2.24, 2.45) is 22.2 Å². The molecule has 1 unspecified atom stereocenters. The molecule has 1 rings (SSSR count). The van der Waals surface area contributed by atoms with Crippen molar-refractivity contribution in [2.45, 2.75) is 65.8 Å². The molecule has 3 nitrogen and oxygen atoms in total. The van der Waals surface area contributed by atoms with Crippen LogP contribution in [-0.4, -0.2) is 23.5 Å². The third kappa shape index (κ3) is 6.54. The van der Waals surface area contributed by atoms with Crippen molar-refractivity contribution in [3.8, 4) is 0 Å². The van der Waals surface area contributed by atoms with Crippen LogP contribution in [0.15, 0.2) is 10.3 Å². The predicted octanol–water partition coefficient (Wildman–Crippen LogP) is 4.08. The molecule has 0 radical (unpaired) electrons. The molecule has 0 saturated carbocycles. The van der Waals surface area contributed by atoms with Gasteiger partial charge in [-0.25, -0.2) is 0 Å². The van der Waals surface area contributed by atoms with Crippen LogP contribution in [0.3, 0.4) is 0 Å². The number of hydrogen-bond acceptors (Lipinski definition) is 2. The molecule has 1 heterocycles. The monoisotopic (exact) mass is 238 g/mol. The lowest BCUT2D eigenvalue weighted by atomic mass is 10.0. The second-order valence-corrected chi connectivity index (χ2v) is 5.97. The van der Waals surface area contributed by atoms with Gasteiger partial charge < -0.3 is 0 Å². The van der Waals surface area contributed by atoms with Crippen molar-refractivity contribution in [1.82, 2.24) is 0 Å². The van der Waals surface area contributed by atoms with Crippen LogP contribution in [0, 0.1) is 11.8 Å². The SMILES string of the molecule is CC(C)CCCCCC1C=[N+](CC(C)C)N=N1. The maximum absolute atomic E-state index is 4.30. The van der Waals surface area contributed by atoms with E-state index in [4.69, 9.17) is 0 Å². The lowest BCUT2D eigenvalue weighted by molar-refractivity contribution is -0.537. The van der Waals surface area contributed by atoms with Gasteiger partial charge in [0.1, 0.15) is 18.0 Å². The van der Waals surface area contributed by atoms with E-state index >= 15 is 0 Å². The summed E-state index contributed by atoms with van der Waals surface area (Å²) in [5.41, 5.74) is 0. The predicted molar refractivity (Wildman–Crippen MR) is 72.6 cm³/mol. The number of hydrogen-bond donors (Lipinski definition) is 0. The van der Waals surface area contributed by atoms with Gasteiger partial charge in [-0.05, 0) is 18.3 Å². The van der Waals surface area contributed by atoms with Gasteiger partial charge in [0.25, 0.3) is 0 Å². The molecule has 0 fully saturated rings. The number of nitrogens with zero attached hydrogens (tertiary/aromatic N) is 3. The van der Waals surface area contributed by atoms with Crippen LogP contribution in [0.4, 0.5) is 0 Å². The van der Waals surface area contributed by atoms with E-state index < -0.39 is 0 Å². The Bertz CT molecular complexity index is 267. The van der Waals surface area contributed by atoms with Gasteiger partial charge in [-0.3, -0.25) is 0 Å². The van der Waals surface area contributed by atoms with Crippen LogP contribution in [0.5, 0.6) is 0 Å². The second kappa shape index (κ2) is 7.57. The Morgan fingerprint density at radius 2 is 1.82 bits per heavy atom. The Balaban J connectivity index is 2.09. The Morgan fingerprint density at radius 1 is 1.06 bits per heavy atom. The zero-order valence-electron chi connectivity index (χ0n) is 11.9. The first-order valence-electron chi connectivity index (χ1n) is 7.10. The van der Waals surface area contributed by atoms with Gasteiger partial charge in [-0.15, -0.1) is 4.68 Å². The molecule has 0 aromatic rings. The minimum atomic E-state index is 0.341. The van der Waals surface area contributed by atoms with E-state index in [1.165, 1.54) is 25.7 Å². The minimum Gasteiger partial charge on any atom is -0.137 e. The van der Waals surface area contributed by atoms with E-state index in [1.54, 1.807) is 0 Å². The zero-order valence-corrected chi connectivity index (χ0v) is 11.9. The average Bonchev–Trinajstić information content (AvgIpc) is 2.63. The average molecular weight is 238 g/mol. The number of unbranched alkanes of at least 4 members (excludes halogenated alkanes) is 2. The van der Waals surface area contributed by atoms with E-state index in [1.807, 2.05) is 4.68 Å². The molecular weight excluding hydrogens is 210 g/mol. The third-order valence-electron chi connectivity index (χ3n) is 2.99. The topological polar surface area (TPSA) is 27.7 Å². The standard InChI is InChI=1S/C14H28N3/c1-12(2)8-6-5-7-9-14-11-17(16-15-14)10-13(3)4/h11-14H,5-10H2,1-4H3/q+1. The van der Waals surface area contributed by atoms with Crippen LogP contribution in [0.1, 0.15) is 59.8 Å². The molecular formula is C14H28N3+. The molecule has 0 saturated heterocycles. The maximum atomic E-state index is 4.30. The smallest absolute Gasteiger partial charge is 0.137 e. The molecule has 0 aromatic heterocycles. The molecule has 1 aliphatic rings. The van der Waals surface area contributed by atoms with Crippen molar-refractivity contribution in [1.29, 1.82) is 0 Å². The van der Waals surface area contributed by atoms with Crippen molar-refractivity contribution in [3.63, 3.8) is 0 Å². The second-order valence-electron chi connectivity index (χ2n) is 5.97. The molecule has 0 aliphatic carbocycles. The molecule has 0 N–H and O–H groups in total. The van der Waals surface area contributed by atoms with E-state index in [-0.39, 0.29) is 0 Å². The fraction of sp³-hybridized carbons (Fsp3) is 0.929. The van der Waals surface area contributed by atoms with Gasteiger partial charge in [-0.1, -0.05) is 47.0 Å². The maximum Gasteiger partial charge on any atom is 0.222 e. The fourth-order valence-corrected chi connectivity index (χ4v) is 2.08. The summed E-state index contributed by atoms with van der Waals surface area (Å²) in [6, 6.07) is 0.341. The van der Waals surface area contributed by atoms with Gasteiger partial charge in [-0.2, -0.15) is 0 Å². The van der Waals surface area contributed by atoms with Crippen molar-refractivity contribution >= 4 is 6.21 Å². The van der Waals surface area contributed by atoms with Gasteiger partial charge in [0.05, 0.1) is 0 Å². The van der Waals surface area contributed by atoms with Crippen LogP contribution in [0.2, 0.25) is 0 Å². The van der Waals surface area contributed by atoms with Crippen LogP contribution in [-0.2, 0) is 0 Å². The minimum absolute atomic E-state index is 0.341. The summed E-state index contributed by atoms with van der Waals surface area (Å²) >= 11 is 0. The Kier molecular flexibility index (Phi) is 6.38. The van der Waals surface area contributed by atoms with Crippen molar-refractivity contribution in [3.05, 3.63) is 0 Å². The first-order chi connectivity index (χ1) is 8.08. The fourth-order valence-electron chi connectivity index (χ4n) is 2.08. The molecule has 0 aromatic carbocycles.